The summed E-state index contributed by atoms with van der Waals surface area (Å²) in [5, 5.41) is 6.13. The normalized spacial score (nSPS) is 15.3. The molecule has 25 heavy (non-hydrogen) atoms. The van der Waals surface area contributed by atoms with Gasteiger partial charge in [0.25, 0.3) is 0 Å². The lowest BCUT2D eigenvalue weighted by Crippen LogP contribution is -2.38. The van der Waals surface area contributed by atoms with Crippen LogP contribution >= 0.6 is 11.6 Å². The molecule has 1 aliphatic rings. The highest BCUT2D eigenvalue weighted by Crippen LogP contribution is 2.28. The van der Waals surface area contributed by atoms with E-state index in [1.54, 1.807) is 10.8 Å². The summed E-state index contributed by atoms with van der Waals surface area (Å²) in [6.07, 6.45) is 1.61. The van der Waals surface area contributed by atoms with E-state index >= 15 is 0 Å². The quantitative estimate of drug-likeness (QED) is 0.550. The Kier molecular flexibility index (Phi) is 3.36. The number of benzene rings is 1. The summed E-state index contributed by atoms with van der Waals surface area (Å²) in [4.78, 5) is 11.6. The number of hydrogen-bond donors (Lipinski definition) is 0. The number of rotatable bonds is 2. The summed E-state index contributed by atoms with van der Waals surface area (Å²) < 4.78 is 12.7. The fourth-order valence-corrected chi connectivity index (χ4v) is 3.22. The number of nitrogens with zero attached hydrogens (tertiary/aromatic N) is 5. The summed E-state index contributed by atoms with van der Waals surface area (Å²) in [6.45, 7) is 2.86. The number of morpholine rings is 1. The van der Waals surface area contributed by atoms with Gasteiger partial charge in [0.15, 0.2) is 11.4 Å². The van der Waals surface area contributed by atoms with Gasteiger partial charge in [0.05, 0.1) is 25.0 Å². The minimum atomic E-state index is 0.522. The van der Waals surface area contributed by atoms with E-state index in [0.29, 0.717) is 35.5 Å². The van der Waals surface area contributed by atoms with Crippen LogP contribution in [-0.2, 0) is 4.74 Å². The van der Waals surface area contributed by atoms with Crippen LogP contribution in [0.3, 0.4) is 0 Å². The fraction of sp³-hybridized carbons (Fsp3) is 0.235. The van der Waals surface area contributed by atoms with Crippen LogP contribution in [0.15, 0.2) is 41.0 Å². The molecule has 1 saturated heterocycles. The summed E-state index contributed by atoms with van der Waals surface area (Å²) >= 11 is 6.18. The summed E-state index contributed by atoms with van der Waals surface area (Å²) in [6, 6.07) is 9.26. The molecule has 0 spiro atoms. The largest absolute Gasteiger partial charge is 0.461 e. The van der Waals surface area contributed by atoms with E-state index in [4.69, 9.17) is 25.7 Å². The summed E-state index contributed by atoms with van der Waals surface area (Å²) in [7, 11) is 0. The van der Waals surface area contributed by atoms with Crippen molar-refractivity contribution < 1.29 is 9.15 Å². The fourth-order valence-electron chi connectivity index (χ4n) is 3.04. The minimum Gasteiger partial charge on any atom is -0.461 e. The van der Waals surface area contributed by atoms with Gasteiger partial charge in [-0.15, -0.1) is 5.10 Å². The minimum absolute atomic E-state index is 0.522. The summed E-state index contributed by atoms with van der Waals surface area (Å²) in [5.74, 6) is 1.89. The predicted molar refractivity (Wildman–Crippen MR) is 94.0 cm³/mol. The van der Waals surface area contributed by atoms with Gasteiger partial charge in [-0.05, 0) is 30.3 Å². The zero-order valence-electron chi connectivity index (χ0n) is 13.2. The molecule has 0 radical (unpaired) electrons. The number of anilines is 1. The molecule has 0 N–H and O–H groups in total. The number of halogens is 1. The van der Waals surface area contributed by atoms with E-state index in [9.17, 15) is 0 Å². The number of ether oxygens (including phenoxy) is 1. The maximum Gasteiger partial charge on any atom is 0.229 e. The first-order valence-corrected chi connectivity index (χ1v) is 8.40. The Labute approximate surface area is 147 Å². The zero-order valence-corrected chi connectivity index (χ0v) is 14.0. The molecule has 7 nitrogen and oxygen atoms in total. The number of aromatic nitrogens is 4. The lowest BCUT2D eigenvalue weighted by Gasteiger charge is -2.27. The average molecular weight is 356 g/mol. The lowest BCUT2D eigenvalue weighted by molar-refractivity contribution is 0.122. The van der Waals surface area contributed by atoms with Crippen molar-refractivity contribution in [3.63, 3.8) is 0 Å². The van der Waals surface area contributed by atoms with E-state index in [0.717, 1.165) is 29.9 Å². The smallest absolute Gasteiger partial charge is 0.229 e. The van der Waals surface area contributed by atoms with Crippen LogP contribution in [0, 0.1) is 0 Å². The number of hydrogen-bond acceptors (Lipinski definition) is 6. The first-order chi connectivity index (χ1) is 12.3. The molecule has 0 unspecified atom stereocenters. The maximum atomic E-state index is 6.18. The zero-order chi connectivity index (χ0) is 16.8. The van der Waals surface area contributed by atoms with Crippen LogP contribution < -0.4 is 4.90 Å². The Balaban J connectivity index is 1.80. The topological polar surface area (TPSA) is 68.7 Å². The lowest BCUT2D eigenvalue weighted by atomic mass is 10.2. The molecular formula is C17H14ClN5O2. The molecule has 3 aromatic heterocycles. The van der Waals surface area contributed by atoms with Crippen LogP contribution in [0.1, 0.15) is 0 Å². The van der Waals surface area contributed by atoms with Gasteiger partial charge < -0.3 is 14.1 Å². The van der Waals surface area contributed by atoms with Gasteiger partial charge in [-0.3, -0.25) is 0 Å². The Morgan fingerprint density at radius 1 is 1.08 bits per heavy atom. The molecule has 4 heterocycles. The third-order valence-electron chi connectivity index (χ3n) is 4.25. The average Bonchev–Trinajstić information content (AvgIpc) is 3.31. The molecule has 1 fully saturated rings. The van der Waals surface area contributed by atoms with Crippen molar-refractivity contribution >= 4 is 34.1 Å². The SMILES string of the molecule is Clc1ccc2nc(N3CCOCC3)n3nc(-c4ccco4)nc3c2c1. The molecule has 0 amide bonds. The summed E-state index contributed by atoms with van der Waals surface area (Å²) in [5.41, 5.74) is 1.54. The molecule has 1 aromatic carbocycles. The number of fused-ring (bicyclic) bond motifs is 3. The maximum absolute atomic E-state index is 6.18. The number of furan rings is 1. The van der Waals surface area contributed by atoms with Crippen molar-refractivity contribution in [3.05, 3.63) is 41.6 Å². The van der Waals surface area contributed by atoms with Crippen LogP contribution in [0.25, 0.3) is 28.1 Å². The second kappa shape index (κ2) is 5.72. The van der Waals surface area contributed by atoms with Gasteiger partial charge in [-0.2, -0.15) is 4.52 Å². The van der Waals surface area contributed by atoms with E-state index in [2.05, 4.69) is 15.0 Å². The van der Waals surface area contributed by atoms with Crippen LogP contribution in [-0.4, -0.2) is 45.9 Å². The van der Waals surface area contributed by atoms with Crippen LogP contribution in [0.4, 0.5) is 5.95 Å². The highest BCUT2D eigenvalue weighted by molar-refractivity contribution is 6.31. The third-order valence-corrected chi connectivity index (χ3v) is 4.49. The highest BCUT2D eigenvalue weighted by Gasteiger charge is 2.21. The first kappa shape index (κ1) is 14.7. The van der Waals surface area contributed by atoms with Crippen molar-refractivity contribution in [1.29, 1.82) is 0 Å². The van der Waals surface area contributed by atoms with Crippen LogP contribution in [0.2, 0.25) is 5.02 Å². The Hall–Kier alpha value is -2.64. The van der Waals surface area contributed by atoms with E-state index in [1.165, 1.54) is 0 Å². The van der Waals surface area contributed by atoms with E-state index in [1.807, 2.05) is 30.3 Å². The highest BCUT2D eigenvalue weighted by atomic mass is 35.5. The van der Waals surface area contributed by atoms with E-state index < -0.39 is 0 Å². The van der Waals surface area contributed by atoms with Crippen LogP contribution in [0.5, 0.6) is 0 Å². The van der Waals surface area contributed by atoms with Crippen molar-refractivity contribution in [2.24, 2.45) is 0 Å². The molecule has 1 aliphatic heterocycles. The molecule has 0 atom stereocenters. The molecule has 0 aliphatic carbocycles. The second-order valence-electron chi connectivity index (χ2n) is 5.82. The van der Waals surface area contributed by atoms with Gasteiger partial charge in [0.1, 0.15) is 0 Å². The van der Waals surface area contributed by atoms with Crippen molar-refractivity contribution in [2.45, 2.75) is 0 Å². The monoisotopic (exact) mass is 355 g/mol. The van der Waals surface area contributed by atoms with Crippen molar-refractivity contribution in [3.8, 4) is 11.6 Å². The van der Waals surface area contributed by atoms with Gasteiger partial charge >= 0.3 is 0 Å². The first-order valence-electron chi connectivity index (χ1n) is 8.02. The second-order valence-corrected chi connectivity index (χ2v) is 6.26. The van der Waals surface area contributed by atoms with Crippen molar-refractivity contribution in [1.82, 2.24) is 19.6 Å². The van der Waals surface area contributed by atoms with Gasteiger partial charge in [0.2, 0.25) is 11.8 Å². The third kappa shape index (κ3) is 2.43. The molecule has 4 aromatic rings. The molecule has 126 valence electrons. The Morgan fingerprint density at radius 2 is 1.96 bits per heavy atom. The molecule has 0 bridgehead atoms. The molecular weight excluding hydrogens is 342 g/mol. The van der Waals surface area contributed by atoms with Crippen molar-refractivity contribution in [2.75, 3.05) is 31.2 Å². The predicted octanol–water partition coefficient (Wildman–Crippen LogP) is 3.03. The standard InChI is InChI=1S/C17H14ClN5O2/c18-11-3-4-13-12(10-11)16-20-15(14-2-1-7-25-14)21-23(16)17(19-13)22-5-8-24-9-6-22/h1-4,7,10H,5-6,8-9H2. The van der Waals surface area contributed by atoms with Gasteiger partial charge in [0, 0.05) is 23.5 Å². The Bertz CT molecular complexity index is 1050. The molecule has 0 saturated carbocycles. The van der Waals surface area contributed by atoms with Gasteiger partial charge in [-0.25, -0.2) is 9.97 Å². The molecule has 5 rings (SSSR count). The van der Waals surface area contributed by atoms with E-state index in [-0.39, 0.29) is 0 Å². The molecule has 8 heteroatoms. The Morgan fingerprint density at radius 3 is 2.76 bits per heavy atom. The van der Waals surface area contributed by atoms with Gasteiger partial charge in [-0.1, -0.05) is 11.6 Å².